The van der Waals surface area contributed by atoms with E-state index in [0.717, 1.165) is 19.3 Å². The fourth-order valence-corrected chi connectivity index (χ4v) is 2.20. The summed E-state index contributed by atoms with van der Waals surface area (Å²) < 4.78 is 0. The molecule has 0 aromatic rings. The minimum absolute atomic E-state index is 0.134. The van der Waals surface area contributed by atoms with Crippen molar-refractivity contribution >= 4 is 0 Å². The second kappa shape index (κ2) is 3.35. The molecule has 72 valence electrons. The summed E-state index contributed by atoms with van der Waals surface area (Å²) in [6.07, 6.45) is 2.70. The Labute approximate surface area is 75.2 Å². The van der Waals surface area contributed by atoms with Gasteiger partial charge in [0.15, 0.2) is 0 Å². The average Bonchev–Trinajstić information content (AvgIpc) is 1.83. The highest BCUT2D eigenvalue weighted by atomic mass is 16.3. The molecule has 0 unspecified atom stereocenters. The molecule has 0 radical (unpaired) electrons. The van der Waals surface area contributed by atoms with Crippen LogP contribution in [0.5, 0.6) is 0 Å². The molecule has 3 atom stereocenters. The third-order valence-electron chi connectivity index (χ3n) is 3.07. The minimum Gasteiger partial charge on any atom is -0.393 e. The molecule has 0 spiro atoms. The van der Waals surface area contributed by atoms with Gasteiger partial charge in [-0.2, -0.15) is 0 Å². The summed E-state index contributed by atoms with van der Waals surface area (Å²) in [5, 5.41) is 9.79. The lowest BCUT2D eigenvalue weighted by atomic mass is 9.72. The number of rotatable bonds is 1. The van der Waals surface area contributed by atoms with E-state index in [0.29, 0.717) is 11.8 Å². The van der Waals surface area contributed by atoms with Crippen molar-refractivity contribution in [2.45, 2.75) is 51.7 Å². The number of aliphatic hydroxyl groups is 1. The monoisotopic (exact) mass is 171 g/mol. The van der Waals surface area contributed by atoms with Crippen LogP contribution in [-0.4, -0.2) is 16.7 Å². The molecule has 1 saturated carbocycles. The van der Waals surface area contributed by atoms with Crippen molar-refractivity contribution in [2.75, 3.05) is 0 Å². The predicted molar refractivity (Wildman–Crippen MR) is 50.8 cm³/mol. The molecule has 1 rings (SSSR count). The van der Waals surface area contributed by atoms with Gasteiger partial charge in [-0.15, -0.1) is 0 Å². The van der Waals surface area contributed by atoms with E-state index < -0.39 is 0 Å². The number of hydrogen-bond donors (Lipinski definition) is 2. The first-order valence-corrected chi connectivity index (χ1v) is 4.89. The Morgan fingerprint density at radius 1 is 1.50 bits per heavy atom. The van der Waals surface area contributed by atoms with Gasteiger partial charge in [0.2, 0.25) is 0 Å². The Morgan fingerprint density at radius 2 is 2.08 bits per heavy atom. The number of hydrogen-bond acceptors (Lipinski definition) is 2. The van der Waals surface area contributed by atoms with E-state index in [-0.39, 0.29) is 11.6 Å². The van der Waals surface area contributed by atoms with Crippen LogP contribution in [0.3, 0.4) is 0 Å². The van der Waals surface area contributed by atoms with E-state index in [4.69, 9.17) is 5.73 Å². The third kappa shape index (κ3) is 2.20. The van der Waals surface area contributed by atoms with E-state index in [9.17, 15) is 5.11 Å². The quantitative estimate of drug-likeness (QED) is 0.628. The van der Waals surface area contributed by atoms with Crippen LogP contribution in [0.1, 0.15) is 40.0 Å². The number of aliphatic hydroxyl groups excluding tert-OH is 1. The Kier molecular flexibility index (Phi) is 2.79. The maximum absolute atomic E-state index is 9.79. The molecular weight excluding hydrogens is 150 g/mol. The predicted octanol–water partition coefficient (Wildman–Crippen LogP) is 1.52. The highest BCUT2D eigenvalue weighted by molar-refractivity contribution is 4.91. The van der Waals surface area contributed by atoms with Gasteiger partial charge in [-0.3, -0.25) is 0 Å². The largest absolute Gasteiger partial charge is 0.393 e. The first kappa shape index (κ1) is 10.0. The lowest BCUT2D eigenvalue weighted by Crippen LogP contribution is -2.47. The van der Waals surface area contributed by atoms with E-state index in [1.165, 1.54) is 0 Å². The Bertz CT molecular complexity index is 154. The van der Waals surface area contributed by atoms with Crippen LogP contribution < -0.4 is 5.73 Å². The van der Waals surface area contributed by atoms with E-state index in [1.807, 2.05) is 6.92 Å². The van der Waals surface area contributed by atoms with Crippen LogP contribution in [0.25, 0.3) is 0 Å². The van der Waals surface area contributed by atoms with Crippen molar-refractivity contribution in [1.82, 2.24) is 0 Å². The molecule has 0 aliphatic heterocycles. The van der Waals surface area contributed by atoms with E-state index in [2.05, 4.69) is 13.8 Å². The smallest absolute Gasteiger partial charge is 0.0588 e. The van der Waals surface area contributed by atoms with Crippen LogP contribution in [0.4, 0.5) is 0 Å². The van der Waals surface area contributed by atoms with Gasteiger partial charge in [0.1, 0.15) is 0 Å². The highest BCUT2D eigenvalue weighted by Gasteiger charge is 2.35. The molecule has 0 aromatic carbocycles. The molecule has 1 aliphatic rings. The second-order valence-electron chi connectivity index (χ2n) is 4.87. The van der Waals surface area contributed by atoms with Crippen LogP contribution in [-0.2, 0) is 0 Å². The normalized spacial score (nSPS) is 43.5. The molecule has 1 fully saturated rings. The maximum Gasteiger partial charge on any atom is 0.0588 e. The second-order valence-corrected chi connectivity index (χ2v) is 4.87. The fraction of sp³-hybridized carbons (Fsp3) is 1.00. The van der Waals surface area contributed by atoms with Crippen LogP contribution in [0, 0.1) is 11.8 Å². The van der Waals surface area contributed by atoms with Gasteiger partial charge in [-0.25, -0.2) is 0 Å². The summed E-state index contributed by atoms with van der Waals surface area (Å²) in [6, 6.07) is 0. The van der Waals surface area contributed by atoms with Crippen molar-refractivity contribution < 1.29 is 5.11 Å². The topological polar surface area (TPSA) is 46.2 Å². The molecule has 1 aliphatic carbocycles. The summed E-state index contributed by atoms with van der Waals surface area (Å²) >= 11 is 0. The van der Waals surface area contributed by atoms with Gasteiger partial charge in [-0.1, -0.05) is 13.8 Å². The molecule has 0 aromatic heterocycles. The SMILES string of the molecule is CC(C)[C@@H]1CC[C@@](C)(N)C[C@H]1O. The zero-order valence-electron chi connectivity index (χ0n) is 8.38. The Hall–Kier alpha value is -0.0800. The zero-order chi connectivity index (χ0) is 9.35. The van der Waals surface area contributed by atoms with Crippen molar-refractivity contribution in [3.63, 3.8) is 0 Å². The Morgan fingerprint density at radius 3 is 2.50 bits per heavy atom. The van der Waals surface area contributed by atoms with Gasteiger partial charge in [0, 0.05) is 5.54 Å². The molecule has 3 N–H and O–H groups in total. The molecular formula is C10H21NO. The summed E-state index contributed by atoms with van der Waals surface area (Å²) in [7, 11) is 0. The first-order chi connectivity index (χ1) is 5.42. The summed E-state index contributed by atoms with van der Waals surface area (Å²) in [5.41, 5.74) is 5.84. The van der Waals surface area contributed by atoms with Gasteiger partial charge in [0.25, 0.3) is 0 Å². The maximum atomic E-state index is 9.79. The van der Waals surface area contributed by atoms with Crippen LogP contribution >= 0.6 is 0 Å². The van der Waals surface area contributed by atoms with Gasteiger partial charge >= 0.3 is 0 Å². The Balaban J connectivity index is 2.54. The standard InChI is InChI=1S/C10H21NO/c1-7(2)8-4-5-10(3,11)6-9(8)12/h7-9,12H,4-6,11H2,1-3H3/t8-,9+,10+/m0/s1. The fourth-order valence-electron chi connectivity index (χ4n) is 2.20. The third-order valence-corrected chi connectivity index (χ3v) is 3.07. The molecule has 2 nitrogen and oxygen atoms in total. The van der Waals surface area contributed by atoms with Crippen LogP contribution in [0.15, 0.2) is 0 Å². The van der Waals surface area contributed by atoms with Crippen molar-refractivity contribution in [3.8, 4) is 0 Å². The highest BCUT2D eigenvalue weighted by Crippen LogP contribution is 2.34. The van der Waals surface area contributed by atoms with Gasteiger partial charge in [-0.05, 0) is 38.0 Å². The van der Waals surface area contributed by atoms with Crippen LogP contribution in [0.2, 0.25) is 0 Å². The van der Waals surface area contributed by atoms with Crippen molar-refractivity contribution in [2.24, 2.45) is 17.6 Å². The molecule has 0 saturated heterocycles. The molecule has 2 heteroatoms. The van der Waals surface area contributed by atoms with Gasteiger partial charge < -0.3 is 10.8 Å². The lowest BCUT2D eigenvalue weighted by molar-refractivity contribution is 0.0178. The lowest BCUT2D eigenvalue weighted by Gasteiger charge is -2.39. The summed E-state index contributed by atoms with van der Waals surface area (Å²) in [5.74, 6) is 1.04. The van der Waals surface area contributed by atoms with Gasteiger partial charge in [0.05, 0.1) is 6.10 Å². The molecule has 12 heavy (non-hydrogen) atoms. The summed E-state index contributed by atoms with van der Waals surface area (Å²) in [6.45, 7) is 6.38. The van der Waals surface area contributed by atoms with Crippen molar-refractivity contribution in [1.29, 1.82) is 0 Å². The van der Waals surface area contributed by atoms with E-state index >= 15 is 0 Å². The molecule has 0 amide bonds. The van der Waals surface area contributed by atoms with E-state index in [1.54, 1.807) is 0 Å². The molecule has 0 bridgehead atoms. The molecule has 0 heterocycles. The number of nitrogens with two attached hydrogens (primary N) is 1. The van der Waals surface area contributed by atoms with Crippen molar-refractivity contribution in [3.05, 3.63) is 0 Å². The summed E-state index contributed by atoms with van der Waals surface area (Å²) in [4.78, 5) is 0. The minimum atomic E-state index is -0.186. The zero-order valence-corrected chi connectivity index (χ0v) is 8.38. The average molecular weight is 171 g/mol. The first-order valence-electron chi connectivity index (χ1n) is 4.89.